The first-order valence-electron chi connectivity index (χ1n) is 3.81. The van der Waals surface area contributed by atoms with Crippen LogP contribution in [0.2, 0.25) is 0 Å². The number of nitrogens with one attached hydrogen (secondary N) is 2. The Bertz CT molecular complexity index is 156. The fraction of sp³-hybridized carbons (Fsp3) is 0.857. The van der Waals surface area contributed by atoms with Crippen molar-refractivity contribution < 1.29 is 13.9 Å². The lowest BCUT2D eigenvalue weighted by Crippen LogP contribution is -2.34. The highest BCUT2D eigenvalue weighted by Crippen LogP contribution is 2.21. The first kappa shape index (κ1) is 9.41. The van der Waals surface area contributed by atoms with Gasteiger partial charge < -0.3 is 14.8 Å². The van der Waals surface area contributed by atoms with Crippen LogP contribution in [0.4, 0.5) is 4.39 Å². The van der Waals surface area contributed by atoms with Gasteiger partial charge in [-0.3, -0.25) is 5.41 Å². The molecule has 5 heteroatoms. The highest BCUT2D eigenvalue weighted by atomic mass is 19.1. The normalized spacial score (nSPS) is 35.0. The van der Waals surface area contributed by atoms with Crippen molar-refractivity contribution in [2.75, 3.05) is 13.7 Å². The molecule has 1 aliphatic rings. The van der Waals surface area contributed by atoms with Crippen LogP contribution in [0.1, 0.15) is 6.42 Å². The predicted molar refractivity (Wildman–Crippen MR) is 42.0 cm³/mol. The lowest BCUT2D eigenvalue weighted by atomic mass is 10.2. The summed E-state index contributed by atoms with van der Waals surface area (Å²) in [5.74, 6) is 0. The lowest BCUT2D eigenvalue weighted by Gasteiger charge is -2.12. The average Bonchev–Trinajstić information content (AvgIpc) is 2.34. The van der Waals surface area contributed by atoms with Crippen LogP contribution in [0.25, 0.3) is 0 Å². The van der Waals surface area contributed by atoms with Crippen molar-refractivity contribution in [3.8, 4) is 0 Å². The van der Waals surface area contributed by atoms with Gasteiger partial charge in [-0.2, -0.15) is 0 Å². The fourth-order valence-electron chi connectivity index (χ4n) is 1.24. The Labute approximate surface area is 70.6 Å². The molecule has 1 heterocycles. The minimum Gasteiger partial charge on any atom is -0.382 e. The minimum absolute atomic E-state index is 0.192. The van der Waals surface area contributed by atoms with Crippen molar-refractivity contribution >= 4 is 6.34 Å². The van der Waals surface area contributed by atoms with E-state index in [1.807, 2.05) is 0 Å². The van der Waals surface area contributed by atoms with Crippen molar-refractivity contribution in [1.29, 1.82) is 5.41 Å². The van der Waals surface area contributed by atoms with Crippen molar-refractivity contribution in [3.05, 3.63) is 0 Å². The Kier molecular flexibility index (Phi) is 3.43. The van der Waals surface area contributed by atoms with E-state index < -0.39 is 12.4 Å². The molecule has 0 saturated carbocycles. The summed E-state index contributed by atoms with van der Waals surface area (Å²) in [7, 11) is 1.55. The summed E-state index contributed by atoms with van der Waals surface area (Å²) in [4.78, 5) is 0. The topological polar surface area (TPSA) is 54.3 Å². The summed E-state index contributed by atoms with van der Waals surface area (Å²) in [6.45, 7) is 0.399. The third kappa shape index (κ3) is 2.15. The summed E-state index contributed by atoms with van der Waals surface area (Å²) >= 11 is 0. The SMILES string of the molecule is COC[C@@H]1C[C@@H](F)[C@H](NC=N)O1. The predicted octanol–water partition coefficient (Wildman–Crippen LogP) is 0.283. The van der Waals surface area contributed by atoms with Gasteiger partial charge in [0.2, 0.25) is 0 Å². The fourth-order valence-corrected chi connectivity index (χ4v) is 1.24. The maximum absolute atomic E-state index is 13.0. The zero-order valence-electron chi connectivity index (χ0n) is 6.92. The molecule has 0 spiro atoms. The number of rotatable bonds is 4. The average molecular weight is 176 g/mol. The van der Waals surface area contributed by atoms with Gasteiger partial charge in [0.05, 0.1) is 19.0 Å². The van der Waals surface area contributed by atoms with Crippen molar-refractivity contribution in [3.63, 3.8) is 0 Å². The summed E-state index contributed by atoms with van der Waals surface area (Å²) < 4.78 is 23.0. The molecule has 0 aromatic heterocycles. The largest absolute Gasteiger partial charge is 0.382 e. The number of ether oxygens (including phenoxy) is 2. The molecule has 0 aromatic carbocycles. The van der Waals surface area contributed by atoms with Crippen LogP contribution in [0.3, 0.4) is 0 Å². The smallest absolute Gasteiger partial charge is 0.160 e. The number of hydrogen-bond acceptors (Lipinski definition) is 3. The van der Waals surface area contributed by atoms with E-state index in [2.05, 4.69) is 5.32 Å². The first-order valence-corrected chi connectivity index (χ1v) is 3.81. The number of methoxy groups -OCH3 is 1. The first-order chi connectivity index (χ1) is 5.77. The van der Waals surface area contributed by atoms with E-state index in [0.717, 1.165) is 6.34 Å². The molecule has 1 fully saturated rings. The monoisotopic (exact) mass is 176 g/mol. The number of hydrogen-bond donors (Lipinski definition) is 2. The van der Waals surface area contributed by atoms with Crippen LogP contribution >= 0.6 is 0 Å². The molecule has 0 unspecified atom stereocenters. The van der Waals surface area contributed by atoms with E-state index >= 15 is 0 Å². The van der Waals surface area contributed by atoms with Crippen molar-refractivity contribution in [1.82, 2.24) is 5.32 Å². The summed E-state index contributed by atoms with van der Waals surface area (Å²) in [6, 6.07) is 0. The van der Waals surface area contributed by atoms with Gasteiger partial charge in [0.15, 0.2) is 6.23 Å². The Balaban J connectivity index is 2.33. The van der Waals surface area contributed by atoms with E-state index in [9.17, 15) is 4.39 Å². The van der Waals surface area contributed by atoms with Gasteiger partial charge in [-0.05, 0) is 0 Å². The highest BCUT2D eigenvalue weighted by Gasteiger charge is 2.34. The van der Waals surface area contributed by atoms with Gasteiger partial charge in [-0.25, -0.2) is 4.39 Å². The van der Waals surface area contributed by atoms with E-state index in [0.29, 0.717) is 13.0 Å². The molecule has 12 heavy (non-hydrogen) atoms. The highest BCUT2D eigenvalue weighted by molar-refractivity contribution is 5.50. The zero-order valence-corrected chi connectivity index (χ0v) is 6.92. The van der Waals surface area contributed by atoms with Crippen LogP contribution in [0.15, 0.2) is 0 Å². The second-order valence-electron chi connectivity index (χ2n) is 2.70. The maximum atomic E-state index is 13.0. The third-order valence-electron chi connectivity index (χ3n) is 1.76. The van der Waals surface area contributed by atoms with Crippen LogP contribution in [-0.2, 0) is 9.47 Å². The van der Waals surface area contributed by atoms with E-state index in [1.54, 1.807) is 7.11 Å². The molecule has 1 saturated heterocycles. The molecular formula is C7H13FN2O2. The summed E-state index contributed by atoms with van der Waals surface area (Å²) in [5.41, 5.74) is 0. The summed E-state index contributed by atoms with van der Waals surface area (Å²) in [5, 5.41) is 9.18. The minimum atomic E-state index is -1.05. The number of halogens is 1. The second kappa shape index (κ2) is 4.37. The molecule has 2 N–H and O–H groups in total. The molecule has 1 rings (SSSR count). The Hall–Kier alpha value is -0.680. The molecule has 0 aromatic rings. The van der Waals surface area contributed by atoms with E-state index in [-0.39, 0.29) is 6.10 Å². The number of alkyl halides is 1. The standard InChI is InChI=1S/C7H13FN2O2/c1-11-3-5-2-6(8)7(12-5)10-4-9/h4-7H,2-3H2,1H3,(H2,9,10)/t5-,6+,7+/m0/s1. The molecule has 1 aliphatic heterocycles. The van der Waals surface area contributed by atoms with Crippen LogP contribution in [0.5, 0.6) is 0 Å². The molecule has 3 atom stereocenters. The molecule has 0 aliphatic carbocycles. The van der Waals surface area contributed by atoms with Gasteiger partial charge in [-0.15, -0.1) is 0 Å². The summed E-state index contributed by atoms with van der Waals surface area (Å²) in [6.07, 6.45) is -0.650. The maximum Gasteiger partial charge on any atom is 0.160 e. The molecule has 4 nitrogen and oxygen atoms in total. The Morgan fingerprint density at radius 2 is 2.58 bits per heavy atom. The van der Waals surface area contributed by atoms with Crippen molar-refractivity contribution in [2.45, 2.75) is 24.9 Å². The zero-order chi connectivity index (χ0) is 8.97. The third-order valence-corrected chi connectivity index (χ3v) is 1.76. The van der Waals surface area contributed by atoms with E-state index in [1.165, 1.54) is 0 Å². The molecule has 0 amide bonds. The quantitative estimate of drug-likeness (QED) is 0.478. The molecule has 70 valence electrons. The molecule has 0 bridgehead atoms. The van der Waals surface area contributed by atoms with Crippen LogP contribution in [0, 0.1) is 5.41 Å². The van der Waals surface area contributed by atoms with Crippen molar-refractivity contribution in [2.24, 2.45) is 0 Å². The molecule has 0 radical (unpaired) electrons. The molecular weight excluding hydrogens is 163 g/mol. The van der Waals surface area contributed by atoms with Gasteiger partial charge in [-0.1, -0.05) is 0 Å². The van der Waals surface area contributed by atoms with Crippen LogP contribution < -0.4 is 5.32 Å². The second-order valence-corrected chi connectivity index (χ2v) is 2.70. The van der Waals surface area contributed by atoms with Gasteiger partial charge in [0, 0.05) is 13.5 Å². The Morgan fingerprint density at radius 1 is 1.83 bits per heavy atom. The Morgan fingerprint density at radius 3 is 3.17 bits per heavy atom. The van der Waals surface area contributed by atoms with Gasteiger partial charge in [0.25, 0.3) is 0 Å². The van der Waals surface area contributed by atoms with Gasteiger partial charge >= 0.3 is 0 Å². The van der Waals surface area contributed by atoms with Gasteiger partial charge in [0.1, 0.15) is 6.17 Å². The van der Waals surface area contributed by atoms with Crippen LogP contribution in [-0.4, -0.2) is 38.6 Å². The van der Waals surface area contributed by atoms with E-state index in [4.69, 9.17) is 14.9 Å². The lowest BCUT2D eigenvalue weighted by molar-refractivity contribution is -0.0147.